The first-order valence-electron chi connectivity index (χ1n) is 6.30. The van der Waals surface area contributed by atoms with Gasteiger partial charge in [0.15, 0.2) is 0 Å². The second-order valence-electron chi connectivity index (χ2n) is 4.20. The van der Waals surface area contributed by atoms with Crippen molar-refractivity contribution in [2.45, 2.75) is 20.0 Å². The number of rotatable bonds is 5. The molecule has 0 spiro atoms. The second-order valence-corrected chi connectivity index (χ2v) is 4.20. The van der Waals surface area contributed by atoms with Crippen LogP contribution in [0.15, 0.2) is 6.07 Å². The van der Waals surface area contributed by atoms with Gasteiger partial charge in [-0.05, 0) is 13.8 Å². The van der Waals surface area contributed by atoms with E-state index in [1.165, 1.54) is 0 Å². The molecule has 0 aliphatic carbocycles. The Morgan fingerprint density at radius 1 is 1.33 bits per heavy atom. The predicted molar refractivity (Wildman–Crippen MR) is 70.0 cm³/mol. The van der Waals surface area contributed by atoms with Gasteiger partial charge in [-0.15, -0.1) is 0 Å². The van der Waals surface area contributed by atoms with Crippen LogP contribution in [-0.4, -0.2) is 49.0 Å². The van der Waals surface area contributed by atoms with Crippen LogP contribution in [0, 0.1) is 6.92 Å². The van der Waals surface area contributed by atoms with Crippen LogP contribution in [0.25, 0.3) is 0 Å². The van der Waals surface area contributed by atoms with E-state index in [0.29, 0.717) is 32.3 Å². The van der Waals surface area contributed by atoms with Gasteiger partial charge < -0.3 is 20.1 Å². The number of nitrogens with one attached hydrogen (secondary N) is 2. The van der Waals surface area contributed by atoms with Crippen LogP contribution in [0.3, 0.4) is 0 Å². The summed E-state index contributed by atoms with van der Waals surface area (Å²) in [5.41, 5.74) is 0.935. The minimum Gasteiger partial charge on any atom is -0.376 e. The van der Waals surface area contributed by atoms with Crippen LogP contribution >= 0.6 is 0 Å². The Kier molecular flexibility index (Phi) is 4.72. The van der Waals surface area contributed by atoms with Crippen molar-refractivity contribution in [3.8, 4) is 0 Å². The van der Waals surface area contributed by atoms with Gasteiger partial charge in [0, 0.05) is 24.8 Å². The van der Waals surface area contributed by atoms with Crippen LogP contribution in [0.2, 0.25) is 0 Å². The molecule has 18 heavy (non-hydrogen) atoms. The van der Waals surface area contributed by atoms with Crippen molar-refractivity contribution in [2.75, 3.05) is 43.5 Å². The van der Waals surface area contributed by atoms with E-state index < -0.39 is 0 Å². The molecule has 1 saturated heterocycles. The summed E-state index contributed by atoms with van der Waals surface area (Å²) in [5.74, 6) is 1.47. The SMILES string of the molecule is CCNc1nc(C)cc(NCC2COCCO2)n1. The van der Waals surface area contributed by atoms with Gasteiger partial charge in [0.05, 0.1) is 25.9 Å². The molecule has 0 aromatic carbocycles. The molecule has 2 N–H and O–H groups in total. The Balaban J connectivity index is 1.91. The van der Waals surface area contributed by atoms with Crippen molar-refractivity contribution in [2.24, 2.45) is 0 Å². The van der Waals surface area contributed by atoms with E-state index in [1.807, 2.05) is 19.9 Å². The third-order valence-electron chi connectivity index (χ3n) is 2.58. The topological polar surface area (TPSA) is 68.3 Å². The normalized spacial score (nSPS) is 19.6. The molecule has 1 aliphatic heterocycles. The van der Waals surface area contributed by atoms with E-state index in [9.17, 15) is 0 Å². The van der Waals surface area contributed by atoms with E-state index in [1.54, 1.807) is 0 Å². The zero-order valence-electron chi connectivity index (χ0n) is 10.9. The van der Waals surface area contributed by atoms with Gasteiger partial charge in [0.1, 0.15) is 5.82 Å². The largest absolute Gasteiger partial charge is 0.376 e. The summed E-state index contributed by atoms with van der Waals surface area (Å²) in [4.78, 5) is 8.68. The smallest absolute Gasteiger partial charge is 0.224 e. The summed E-state index contributed by atoms with van der Waals surface area (Å²) >= 11 is 0. The maximum atomic E-state index is 5.56. The lowest BCUT2D eigenvalue weighted by Gasteiger charge is -2.23. The third-order valence-corrected chi connectivity index (χ3v) is 2.58. The summed E-state index contributed by atoms with van der Waals surface area (Å²) in [5, 5.41) is 6.37. The summed E-state index contributed by atoms with van der Waals surface area (Å²) in [6.45, 7) is 7.47. The first-order valence-corrected chi connectivity index (χ1v) is 6.30. The van der Waals surface area contributed by atoms with Gasteiger partial charge in [-0.3, -0.25) is 0 Å². The van der Waals surface area contributed by atoms with E-state index in [4.69, 9.17) is 9.47 Å². The highest BCUT2D eigenvalue weighted by molar-refractivity contribution is 5.42. The Morgan fingerprint density at radius 3 is 2.94 bits per heavy atom. The van der Waals surface area contributed by atoms with Crippen molar-refractivity contribution < 1.29 is 9.47 Å². The highest BCUT2D eigenvalue weighted by Crippen LogP contribution is 2.10. The van der Waals surface area contributed by atoms with Gasteiger partial charge in [0.25, 0.3) is 0 Å². The van der Waals surface area contributed by atoms with E-state index in [-0.39, 0.29) is 6.10 Å². The minimum absolute atomic E-state index is 0.0941. The number of hydrogen-bond acceptors (Lipinski definition) is 6. The molecule has 0 amide bonds. The molecular formula is C12H20N4O2. The lowest BCUT2D eigenvalue weighted by Crippen LogP contribution is -2.34. The fraction of sp³-hybridized carbons (Fsp3) is 0.667. The maximum absolute atomic E-state index is 5.56. The molecule has 0 bridgehead atoms. The summed E-state index contributed by atoms with van der Waals surface area (Å²) in [6.07, 6.45) is 0.0941. The van der Waals surface area contributed by atoms with E-state index in [0.717, 1.165) is 18.1 Å². The van der Waals surface area contributed by atoms with E-state index in [2.05, 4.69) is 20.6 Å². The molecule has 1 unspecified atom stereocenters. The number of aromatic nitrogens is 2. The molecule has 1 atom stereocenters. The number of nitrogens with zero attached hydrogens (tertiary/aromatic N) is 2. The first-order chi connectivity index (χ1) is 8.78. The summed E-state index contributed by atoms with van der Waals surface area (Å²) in [6, 6.07) is 1.92. The van der Waals surface area contributed by atoms with Gasteiger partial charge >= 0.3 is 0 Å². The number of anilines is 2. The molecule has 2 rings (SSSR count). The fourth-order valence-electron chi connectivity index (χ4n) is 1.77. The predicted octanol–water partition coefficient (Wildman–Crippen LogP) is 1.04. The van der Waals surface area contributed by atoms with Gasteiger partial charge in [-0.2, -0.15) is 4.98 Å². The molecule has 2 heterocycles. The Bertz CT molecular complexity index is 380. The molecule has 6 heteroatoms. The van der Waals surface area contributed by atoms with E-state index >= 15 is 0 Å². The Hall–Kier alpha value is -1.40. The zero-order chi connectivity index (χ0) is 12.8. The van der Waals surface area contributed by atoms with Crippen LogP contribution in [0.4, 0.5) is 11.8 Å². The maximum Gasteiger partial charge on any atom is 0.224 e. The summed E-state index contributed by atoms with van der Waals surface area (Å²) < 4.78 is 10.9. The monoisotopic (exact) mass is 252 g/mol. The van der Waals surface area contributed by atoms with Crippen molar-refractivity contribution in [1.82, 2.24) is 9.97 Å². The summed E-state index contributed by atoms with van der Waals surface area (Å²) in [7, 11) is 0. The fourth-order valence-corrected chi connectivity index (χ4v) is 1.77. The van der Waals surface area contributed by atoms with Crippen molar-refractivity contribution in [3.63, 3.8) is 0 Å². The number of ether oxygens (including phenoxy) is 2. The average molecular weight is 252 g/mol. The van der Waals surface area contributed by atoms with Crippen LogP contribution in [0.5, 0.6) is 0 Å². The molecule has 0 saturated carbocycles. The van der Waals surface area contributed by atoms with Crippen molar-refractivity contribution in [3.05, 3.63) is 11.8 Å². The molecule has 6 nitrogen and oxygen atoms in total. The average Bonchev–Trinajstić information content (AvgIpc) is 2.37. The molecule has 0 radical (unpaired) electrons. The van der Waals surface area contributed by atoms with Crippen molar-refractivity contribution >= 4 is 11.8 Å². The molecule has 100 valence electrons. The van der Waals surface area contributed by atoms with Gasteiger partial charge in [-0.1, -0.05) is 0 Å². The third kappa shape index (κ3) is 3.82. The van der Waals surface area contributed by atoms with Gasteiger partial charge in [-0.25, -0.2) is 4.98 Å². The standard InChI is InChI=1S/C12H20N4O2/c1-3-13-12-15-9(2)6-11(16-12)14-7-10-8-17-4-5-18-10/h6,10H,3-5,7-8H2,1-2H3,(H2,13,14,15,16). The molecule has 1 aromatic rings. The van der Waals surface area contributed by atoms with Gasteiger partial charge in [0.2, 0.25) is 5.95 Å². The molecule has 1 aromatic heterocycles. The minimum atomic E-state index is 0.0941. The molecule has 1 fully saturated rings. The first kappa shape index (κ1) is 13.0. The van der Waals surface area contributed by atoms with Crippen molar-refractivity contribution in [1.29, 1.82) is 0 Å². The second kappa shape index (κ2) is 6.51. The lowest BCUT2D eigenvalue weighted by atomic mass is 10.3. The molecular weight excluding hydrogens is 232 g/mol. The zero-order valence-corrected chi connectivity index (χ0v) is 10.9. The van der Waals surface area contributed by atoms with Crippen LogP contribution in [0.1, 0.15) is 12.6 Å². The highest BCUT2D eigenvalue weighted by atomic mass is 16.6. The number of aryl methyl sites for hydroxylation is 1. The number of hydrogen-bond donors (Lipinski definition) is 2. The lowest BCUT2D eigenvalue weighted by molar-refractivity contribution is -0.0819. The Labute approximate surface area is 107 Å². The van der Waals surface area contributed by atoms with Crippen LogP contribution in [-0.2, 0) is 9.47 Å². The Morgan fingerprint density at radius 2 is 2.22 bits per heavy atom. The van der Waals surface area contributed by atoms with Crippen LogP contribution < -0.4 is 10.6 Å². The highest BCUT2D eigenvalue weighted by Gasteiger charge is 2.14. The molecule has 1 aliphatic rings. The quantitative estimate of drug-likeness (QED) is 0.816.